The highest BCUT2D eigenvalue weighted by atomic mass is 16.5. The minimum Gasteiger partial charge on any atom is -0.493 e. The van der Waals surface area contributed by atoms with E-state index in [1.807, 2.05) is 61.5 Å². The van der Waals surface area contributed by atoms with Gasteiger partial charge in [-0.25, -0.2) is 0 Å². The van der Waals surface area contributed by atoms with Crippen molar-refractivity contribution in [1.82, 2.24) is 10.1 Å². The van der Waals surface area contributed by atoms with Crippen LogP contribution in [0.2, 0.25) is 0 Å². The van der Waals surface area contributed by atoms with E-state index < -0.39 is 0 Å². The fourth-order valence-corrected chi connectivity index (χ4v) is 3.27. The maximum absolute atomic E-state index is 12.6. The first kappa shape index (κ1) is 21.1. The molecule has 1 N–H and O–H groups in total. The highest BCUT2D eigenvalue weighted by molar-refractivity contribution is 5.93. The zero-order valence-electron chi connectivity index (χ0n) is 18.1. The Hall–Kier alpha value is -4.13. The molecule has 32 heavy (non-hydrogen) atoms. The number of ether oxygens (including phenoxy) is 2. The van der Waals surface area contributed by atoms with Crippen molar-refractivity contribution < 1.29 is 18.8 Å². The van der Waals surface area contributed by atoms with E-state index in [2.05, 4.69) is 15.5 Å². The molecule has 0 unspecified atom stereocenters. The van der Waals surface area contributed by atoms with Gasteiger partial charge in [-0.15, -0.1) is 0 Å². The molecule has 1 amide bonds. The number of benzene rings is 3. The van der Waals surface area contributed by atoms with Gasteiger partial charge < -0.3 is 19.3 Å². The Bertz CT molecular complexity index is 1230. The Kier molecular flexibility index (Phi) is 6.17. The lowest BCUT2D eigenvalue weighted by atomic mass is 10.1. The predicted molar refractivity (Wildman–Crippen MR) is 122 cm³/mol. The van der Waals surface area contributed by atoms with Gasteiger partial charge in [0.05, 0.1) is 20.6 Å². The van der Waals surface area contributed by atoms with Crippen LogP contribution < -0.4 is 14.8 Å². The van der Waals surface area contributed by atoms with Gasteiger partial charge in [0.2, 0.25) is 11.7 Å². The Balaban J connectivity index is 1.46. The molecule has 0 aliphatic carbocycles. The van der Waals surface area contributed by atoms with Crippen LogP contribution in [0, 0.1) is 6.92 Å². The molecule has 0 radical (unpaired) electrons. The lowest BCUT2D eigenvalue weighted by Crippen LogP contribution is -2.14. The maximum Gasteiger partial charge on any atom is 0.258 e. The van der Waals surface area contributed by atoms with Crippen LogP contribution in [-0.4, -0.2) is 30.3 Å². The van der Waals surface area contributed by atoms with Gasteiger partial charge in [0.15, 0.2) is 11.5 Å². The van der Waals surface area contributed by atoms with E-state index in [9.17, 15) is 4.79 Å². The van der Waals surface area contributed by atoms with Crippen LogP contribution in [-0.2, 0) is 11.2 Å². The molecule has 1 heterocycles. The van der Waals surface area contributed by atoms with Crippen LogP contribution in [0.3, 0.4) is 0 Å². The number of anilines is 1. The molecule has 0 saturated carbocycles. The summed E-state index contributed by atoms with van der Waals surface area (Å²) in [6.07, 6.45) is 0.199. The van der Waals surface area contributed by atoms with E-state index in [1.165, 1.54) is 0 Å². The molecule has 1 aromatic heterocycles. The molecule has 0 aliphatic rings. The fraction of sp³-hybridized carbons (Fsp3) is 0.160. The van der Waals surface area contributed by atoms with E-state index in [0.29, 0.717) is 28.9 Å². The first-order valence-electron chi connectivity index (χ1n) is 10.1. The van der Waals surface area contributed by atoms with Crippen molar-refractivity contribution in [2.24, 2.45) is 0 Å². The average Bonchev–Trinajstić information content (AvgIpc) is 3.30. The van der Waals surface area contributed by atoms with Gasteiger partial charge in [-0.05, 0) is 48.9 Å². The summed E-state index contributed by atoms with van der Waals surface area (Å²) >= 11 is 0. The Morgan fingerprint density at radius 3 is 2.47 bits per heavy atom. The molecular weight excluding hydrogens is 406 g/mol. The van der Waals surface area contributed by atoms with Gasteiger partial charge >= 0.3 is 0 Å². The first-order chi connectivity index (χ1) is 15.6. The van der Waals surface area contributed by atoms with Crippen molar-refractivity contribution in [3.05, 3.63) is 77.9 Å². The van der Waals surface area contributed by atoms with Crippen molar-refractivity contribution >= 4 is 11.6 Å². The minimum atomic E-state index is -0.150. The monoisotopic (exact) mass is 429 g/mol. The van der Waals surface area contributed by atoms with Crippen molar-refractivity contribution in [1.29, 1.82) is 0 Å². The number of aryl methyl sites for hydroxylation is 1. The molecule has 0 bridgehead atoms. The summed E-state index contributed by atoms with van der Waals surface area (Å²) in [4.78, 5) is 17.1. The standard InChI is InChI=1S/C25H23N3O4/c1-16-7-10-18(11-8-16)25-27-24(28-32-25)19-5-4-6-20(15-19)26-23(29)14-17-9-12-21(30-2)22(13-17)31-3/h4-13,15H,14H2,1-3H3,(H,26,29). The lowest BCUT2D eigenvalue weighted by molar-refractivity contribution is -0.115. The molecule has 0 aliphatic heterocycles. The SMILES string of the molecule is COc1ccc(CC(=O)Nc2cccc(-c3noc(-c4ccc(C)cc4)n3)c2)cc1OC. The topological polar surface area (TPSA) is 86.5 Å². The molecule has 3 aromatic carbocycles. The van der Waals surface area contributed by atoms with Gasteiger partial charge in [0.1, 0.15) is 0 Å². The molecule has 4 rings (SSSR count). The Labute approximate surface area is 186 Å². The van der Waals surface area contributed by atoms with E-state index in [-0.39, 0.29) is 12.3 Å². The summed E-state index contributed by atoms with van der Waals surface area (Å²) in [5.41, 5.74) is 4.22. The zero-order valence-corrected chi connectivity index (χ0v) is 18.1. The Morgan fingerprint density at radius 1 is 0.938 bits per heavy atom. The molecule has 0 atom stereocenters. The number of rotatable bonds is 7. The third-order valence-electron chi connectivity index (χ3n) is 4.94. The summed E-state index contributed by atoms with van der Waals surface area (Å²) in [6, 6.07) is 20.6. The molecule has 162 valence electrons. The molecule has 4 aromatic rings. The lowest BCUT2D eigenvalue weighted by Gasteiger charge is -2.10. The molecule has 0 saturated heterocycles. The number of hydrogen-bond donors (Lipinski definition) is 1. The average molecular weight is 429 g/mol. The van der Waals surface area contributed by atoms with Gasteiger partial charge in [0.25, 0.3) is 5.89 Å². The second-order valence-corrected chi connectivity index (χ2v) is 7.28. The second kappa shape index (κ2) is 9.34. The summed E-state index contributed by atoms with van der Waals surface area (Å²) in [6.45, 7) is 2.02. The van der Waals surface area contributed by atoms with Gasteiger partial charge in [-0.2, -0.15) is 4.98 Å². The first-order valence-corrected chi connectivity index (χ1v) is 10.1. The highest BCUT2D eigenvalue weighted by Crippen LogP contribution is 2.28. The maximum atomic E-state index is 12.6. The predicted octanol–water partition coefficient (Wildman–Crippen LogP) is 4.91. The molecule has 7 heteroatoms. The minimum absolute atomic E-state index is 0.150. The Morgan fingerprint density at radius 2 is 1.72 bits per heavy atom. The van der Waals surface area contributed by atoms with Crippen LogP contribution in [0.1, 0.15) is 11.1 Å². The number of carbonyl (C=O) groups is 1. The van der Waals surface area contributed by atoms with Gasteiger partial charge in [-0.3, -0.25) is 4.79 Å². The number of aromatic nitrogens is 2. The van der Waals surface area contributed by atoms with E-state index >= 15 is 0 Å². The van der Waals surface area contributed by atoms with Crippen molar-refractivity contribution in [3.63, 3.8) is 0 Å². The number of hydrogen-bond acceptors (Lipinski definition) is 6. The third kappa shape index (κ3) is 4.78. The molecule has 7 nitrogen and oxygen atoms in total. The summed E-state index contributed by atoms with van der Waals surface area (Å²) < 4.78 is 16.0. The third-order valence-corrected chi connectivity index (χ3v) is 4.94. The number of amides is 1. The number of methoxy groups -OCH3 is 2. The smallest absolute Gasteiger partial charge is 0.258 e. The number of nitrogens with one attached hydrogen (secondary N) is 1. The zero-order chi connectivity index (χ0) is 22.5. The van der Waals surface area contributed by atoms with Gasteiger partial charge in [-0.1, -0.05) is 41.1 Å². The second-order valence-electron chi connectivity index (χ2n) is 7.28. The summed E-state index contributed by atoms with van der Waals surface area (Å²) in [5.74, 6) is 1.96. The fourth-order valence-electron chi connectivity index (χ4n) is 3.27. The van der Waals surface area contributed by atoms with Crippen molar-refractivity contribution in [2.75, 3.05) is 19.5 Å². The van der Waals surface area contributed by atoms with Crippen molar-refractivity contribution in [3.8, 4) is 34.3 Å². The van der Waals surface area contributed by atoms with E-state index in [0.717, 1.165) is 22.3 Å². The van der Waals surface area contributed by atoms with E-state index in [1.54, 1.807) is 26.4 Å². The number of carbonyl (C=O) groups excluding carboxylic acids is 1. The number of nitrogens with zero attached hydrogens (tertiary/aromatic N) is 2. The van der Waals surface area contributed by atoms with Crippen LogP contribution in [0.5, 0.6) is 11.5 Å². The van der Waals surface area contributed by atoms with Crippen LogP contribution in [0.4, 0.5) is 5.69 Å². The van der Waals surface area contributed by atoms with Crippen LogP contribution in [0.15, 0.2) is 71.3 Å². The highest BCUT2D eigenvalue weighted by Gasteiger charge is 2.13. The summed E-state index contributed by atoms with van der Waals surface area (Å²) in [7, 11) is 3.14. The van der Waals surface area contributed by atoms with Crippen molar-refractivity contribution in [2.45, 2.75) is 13.3 Å². The largest absolute Gasteiger partial charge is 0.493 e. The van der Waals surface area contributed by atoms with Crippen LogP contribution >= 0.6 is 0 Å². The normalized spacial score (nSPS) is 10.6. The summed E-state index contributed by atoms with van der Waals surface area (Å²) in [5, 5.41) is 7.00. The van der Waals surface area contributed by atoms with Gasteiger partial charge in [0, 0.05) is 16.8 Å². The molecule has 0 fully saturated rings. The quantitative estimate of drug-likeness (QED) is 0.449. The van der Waals surface area contributed by atoms with Crippen LogP contribution in [0.25, 0.3) is 22.8 Å². The molecular formula is C25H23N3O4. The molecule has 0 spiro atoms. The van der Waals surface area contributed by atoms with E-state index in [4.69, 9.17) is 14.0 Å².